The van der Waals surface area contributed by atoms with Crippen LogP contribution in [0, 0.1) is 5.82 Å². The number of nitrogens with one attached hydrogen (secondary N) is 2. The Balaban J connectivity index is 1.57. The summed E-state index contributed by atoms with van der Waals surface area (Å²) in [5, 5.41) is 6.96. The summed E-state index contributed by atoms with van der Waals surface area (Å²) in [5.74, 6) is -0.648. The molecule has 0 atom stereocenters. The monoisotopic (exact) mass is 380 g/mol. The van der Waals surface area contributed by atoms with Crippen molar-refractivity contribution in [3.05, 3.63) is 75.1 Å². The second kappa shape index (κ2) is 7.42. The fraction of sp³-hybridized carbons (Fsp3) is 0.286. The molecule has 4 rings (SSSR count). The minimum absolute atomic E-state index is 0.162. The predicted octanol–water partition coefficient (Wildman–Crippen LogP) is 3.06. The number of fused-ring (bicyclic) bond motifs is 1. The average Bonchev–Trinajstić information content (AvgIpc) is 3.15. The summed E-state index contributed by atoms with van der Waals surface area (Å²) in [5.41, 5.74) is 4.11. The van der Waals surface area contributed by atoms with Crippen LogP contribution < -0.4 is 5.56 Å². The van der Waals surface area contributed by atoms with Crippen molar-refractivity contribution in [2.45, 2.75) is 32.2 Å². The number of aryl methyl sites for hydroxylation is 2. The Morgan fingerprint density at radius 3 is 2.75 bits per heavy atom. The number of carbonyl (C=O) groups excluding carboxylic acids is 1. The number of halogens is 1. The lowest BCUT2D eigenvalue weighted by atomic mass is 9.95. The van der Waals surface area contributed by atoms with Gasteiger partial charge >= 0.3 is 0 Å². The van der Waals surface area contributed by atoms with Crippen molar-refractivity contribution in [1.82, 2.24) is 20.1 Å². The molecule has 1 aliphatic rings. The van der Waals surface area contributed by atoms with E-state index >= 15 is 0 Å². The van der Waals surface area contributed by atoms with Crippen LogP contribution in [-0.4, -0.2) is 33.0 Å². The smallest absolute Gasteiger partial charge is 0.261 e. The zero-order valence-electron chi connectivity index (χ0n) is 15.6. The van der Waals surface area contributed by atoms with Gasteiger partial charge in [0.25, 0.3) is 11.5 Å². The highest BCUT2D eigenvalue weighted by atomic mass is 19.1. The summed E-state index contributed by atoms with van der Waals surface area (Å²) in [6, 6.07) is 7.80. The van der Waals surface area contributed by atoms with Gasteiger partial charge in [-0.3, -0.25) is 14.7 Å². The second-order valence-electron chi connectivity index (χ2n) is 7.16. The van der Waals surface area contributed by atoms with Crippen molar-refractivity contribution >= 4 is 5.91 Å². The lowest BCUT2D eigenvalue weighted by molar-refractivity contribution is 0.0783. The number of aromatic nitrogens is 3. The first-order valence-corrected chi connectivity index (χ1v) is 9.31. The maximum Gasteiger partial charge on any atom is 0.261 e. The maximum atomic E-state index is 13.2. The van der Waals surface area contributed by atoms with E-state index in [1.54, 1.807) is 31.4 Å². The Bertz CT molecular complexity index is 1070. The van der Waals surface area contributed by atoms with Crippen LogP contribution in [-0.2, 0) is 19.4 Å². The minimum atomic E-state index is -0.344. The normalized spacial score (nSPS) is 13.2. The quantitative estimate of drug-likeness (QED) is 0.730. The van der Waals surface area contributed by atoms with Gasteiger partial charge in [0.05, 0.1) is 11.9 Å². The highest BCUT2D eigenvalue weighted by Gasteiger charge is 2.21. The zero-order chi connectivity index (χ0) is 19.7. The van der Waals surface area contributed by atoms with Gasteiger partial charge < -0.3 is 9.88 Å². The summed E-state index contributed by atoms with van der Waals surface area (Å²) < 4.78 is 13.2. The van der Waals surface area contributed by atoms with Gasteiger partial charge in [-0.25, -0.2) is 4.39 Å². The molecule has 0 bridgehead atoms. The Morgan fingerprint density at radius 2 is 1.96 bits per heavy atom. The van der Waals surface area contributed by atoms with Gasteiger partial charge in [-0.05, 0) is 61.6 Å². The first kappa shape index (κ1) is 18.2. The molecular formula is C21H21FN4O2. The van der Waals surface area contributed by atoms with E-state index in [4.69, 9.17) is 0 Å². The molecule has 1 amide bonds. The predicted molar refractivity (Wildman–Crippen MR) is 103 cm³/mol. The number of rotatable bonds is 4. The third-order valence-corrected chi connectivity index (χ3v) is 5.17. The summed E-state index contributed by atoms with van der Waals surface area (Å²) in [7, 11) is 1.66. The van der Waals surface area contributed by atoms with Crippen LogP contribution in [0.4, 0.5) is 4.39 Å². The van der Waals surface area contributed by atoms with Crippen LogP contribution in [0.3, 0.4) is 0 Å². The number of hydrogen-bond acceptors (Lipinski definition) is 3. The number of carbonyl (C=O) groups is 1. The molecule has 2 N–H and O–H groups in total. The fourth-order valence-corrected chi connectivity index (χ4v) is 3.66. The summed E-state index contributed by atoms with van der Waals surface area (Å²) in [4.78, 5) is 29.7. The van der Waals surface area contributed by atoms with Crippen molar-refractivity contribution < 1.29 is 9.18 Å². The molecule has 7 heteroatoms. The molecule has 0 saturated carbocycles. The minimum Gasteiger partial charge on any atom is -0.337 e. The SMILES string of the molecule is CN(Cc1cn[nH]c1-c1ccc(F)cc1)C(=O)c1cc2c([nH]c1=O)CCCC2. The topological polar surface area (TPSA) is 81.8 Å². The van der Waals surface area contributed by atoms with Gasteiger partial charge in [0.2, 0.25) is 0 Å². The van der Waals surface area contributed by atoms with E-state index in [2.05, 4.69) is 15.2 Å². The summed E-state index contributed by atoms with van der Waals surface area (Å²) in [6.07, 6.45) is 5.50. The van der Waals surface area contributed by atoms with E-state index < -0.39 is 0 Å². The van der Waals surface area contributed by atoms with Gasteiger partial charge in [-0.2, -0.15) is 5.10 Å². The molecule has 144 valence electrons. The Hall–Kier alpha value is -3.22. The van der Waals surface area contributed by atoms with Gasteiger partial charge in [0.15, 0.2) is 0 Å². The van der Waals surface area contributed by atoms with Gasteiger partial charge in [-0.1, -0.05) is 0 Å². The summed E-state index contributed by atoms with van der Waals surface area (Å²) in [6.45, 7) is 0.276. The lowest BCUT2D eigenvalue weighted by Gasteiger charge is -2.19. The zero-order valence-corrected chi connectivity index (χ0v) is 15.6. The number of aromatic amines is 2. The molecule has 0 fully saturated rings. The molecule has 0 saturated heterocycles. The number of amides is 1. The van der Waals surface area contributed by atoms with Crippen LogP contribution in [0.5, 0.6) is 0 Å². The second-order valence-corrected chi connectivity index (χ2v) is 7.16. The van der Waals surface area contributed by atoms with Gasteiger partial charge in [0.1, 0.15) is 11.4 Å². The van der Waals surface area contributed by atoms with E-state index in [1.807, 2.05) is 0 Å². The van der Waals surface area contributed by atoms with E-state index in [9.17, 15) is 14.0 Å². The van der Waals surface area contributed by atoms with Crippen molar-refractivity contribution in [2.75, 3.05) is 7.05 Å². The third kappa shape index (κ3) is 3.47. The highest BCUT2D eigenvalue weighted by Crippen LogP contribution is 2.23. The number of hydrogen-bond donors (Lipinski definition) is 2. The van der Waals surface area contributed by atoms with Crippen molar-refractivity contribution in [3.8, 4) is 11.3 Å². The molecular weight excluding hydrogens is 359 g/mol. The van der Waals surface area contributed by atoms with Crippen molar-refractivity contribution in [2.24, 2.45) is 0 Å². The van der Waals surface area contributed by atoms with Crippen LogP contribution in [0.25, 0.3) is 11.3 Å². The summed E-state index contributed by atoms with van der Waals surface area (Å²) >= 11 is 0. The molecule has 2 heterocycles. The fourth-order valence-electron chi connectivity index (χ4n) is 3.66. The molecule has 2 aromatic heterocycles. The maximum absolute atomic E-state index is 13.2. The molecule has 28 heavy (non-hydrogen) atoms. The van der Waals surface area contributed by atoms with E-state index in [0.717, 1.165) is 53.8 Å². The Morgan fingerprint density at radius 1 is 1.21 bits per heavy atom. The molecule has 0 aliphatic heterocycles. The molecule has 0 radical (unpaired) electrons. The standard InChI is InChI=1S/C21H21FN4O2/c1-26(12-15-11-23-25-19(15)13-6-8-16(22)9-7-13)21(28)17-10-14-4-2-3-5-18(14)24-20(17)27/h6-11H,2-5,12H2,1H3,(H,23,25)(H,24,27). The van der Waals surface area contributed by atoms with E-state index in [1.165, 1.54) is 17.0 Å². The number of H-pyrrole nitrogens is 2. The molecule has 0 unspecified atom stereocenters. The van der Waals surface area contributed by atoms with Crippen LogP contribution in [0.1, 0.15) is 40.0 Å². The number of nitrogens with zero attached hydrogens (tertiary/aromatic N) is 2. The van der Waals surface area contributed by atoms with Crippen LogP contribution >= 0.6 is 0 Å². The first-order chi connectivity index (χ1) is 13.5. The third-order valence-electron chi connectivity index (χ3n) is 5.17. The van der Waals surface area contributed by atoms with E-state index in [0.29, 0.717) is 0 Å². The molecule has 6 nitrogen and oxygen atoms in total. The lowest BCUT2D eigenvalue weighted by Crippen LogP contribution is -2.32. The van der Waals surface area contributed by atoms with Crippen molar-refractivity contribution in [1.29, 1.82) is 0 Å². The van der Waals surface area contributed by atoms with E-state index in [-0.39, 0.29) is 29.4 Å². The Kier molecular flexibility index (Phi) is 4.81. The van der Waals surface area contributed by atoms with Crippen molar-refractivity contribution in [3.63, 3.8) is 0 Å². The molecule has 1 aromatic carbocycles. The molecule has 3 aromatic rings. The van der Waals surface area contributed by atoms with Crippen LogP contribution in [0.15, 0.2) is 41.3 Å². The average molecular weight is 380 g/mol. The Labute approximate surface area is 161 Å². The van der Waals surface area contributed by atoms with Crippen LogP contribution in [0.2, 0.25) is 0 Å². The number of pyridine rings is 1. The molecule has 0 spiro atoms. The largest absolute Gasteiger partial charge is 0.337 e. The molecule has 1 aliphatic carbocycles. The highest BCUT2D eigenvalue weighted by molar-refractivity contribution is 5.94. The van der Waals surface area contributed by atoms with Gasteiger partial charge in [0, 0.05) is 30.4 Å². The first-order valence-electron chi connectivity index (χ1n) is 9.31. The number of benzene rings is 1. The van der Waals surface area contributed by atoms with Gasteiger partial charge in [-0.15, -0.1) is 0 Å².